The summed E-state index contributed by atoms with van der Waals surface area (Å²) in [6.45, 7) is 0. The van der Waals surface area contributed by atoms with Gasteiger partial charge < -0.3 is 4.90 Å². The molecule has 5 heteroatoms. The van der Waals surface area contributed by atoms with Crippen molar-refractivity contribution in [2.75, 3.05) is 33.1 Å². The van der Waals surface area contributed by atoms with Gasteiger partial charge >= 0.3 is 0 Å². The fraction of sp³-hybridized carbons (Fsp3) is 0.333. The normalized spacial score (nSPS) is 11.3. The van der Waals surface area contributed by atoms with Crippen LogP contribution in [0.4, 0.5) is 11.4 Å². The van der Waals surface area contributed by atoms with Crippen molar-refractivity contribution in [3.63, 3.8) is 0 Å². The van der Waals surface area contributed by atoms with Crippen molar-refractivity contribution in [1.29, 1.82) is 0 Å². The second-order valence-electron chi connectivity index (χ2n) is 5.05. The lowest BCUT2D eigenvalue weighted by atomic mass is 10.3. The maximum Gasteiger partial charge on any atom is 0.143 e. The molecule has 0 N–H and O–H groups in total. The molecule has 2 aromatic rings. The average molecular weight is 271 g/mol. The Hall–Kier alpha value is -1.98. The smallest absolute Gasteiger partial charge is 0.143 e. The van der Waals surface area contributed by atoms with Crippen molar-refractivity contribution in [1.82, 2.24) is 19.8 Å². The van der Waals surface area contributed by atoms with Crippen LogP contribution in [0.5, 0.6) is 0 Å². The quantitative estimate of drug-likeness (QED) is 0.778. The molecule has 106 valence electrons. The molecular formula is C15H21N5. The standard InChI is InChI=1S/C15H21N5/c1-18(2)15(19(3)4)20(13-5-9-16-10-6-13)14-7-11-17-12-8-14/h5-12,15H,1-4H3. The minimum atomic E-state index is 0.0970. The van der Waals surface area contributed by atoms with Gasteiger partial charge in [-0.2, -0.15) is 0 Å². The third kappa shape index (κ3) is 3.12. The molecule has 2 heterocycles. The fourth-order valence-corrected chi connectivity index (χ4v) is 2.35. The summed E-state index contributed by atoms with van der Waals surface area (Å²) in [5, 5.41) is 0. The monoisotopic (exact) mass is 271 g/mol. The number of rotatable bonds is 5. The van der Waals surface area contributed by atoms with Crippen LogP contribution >= 0.6 is 0 Å². The summed E-state index contributed by atoms with van der Waals surface area (Å²) in [6, 6.07) is 8.06. The largest absolute Gasteiger partial charge is 0.312 e. The third-order valence-corrected chi connectivity index (χ3v) is 3.04. The molecule has 0 radical (unpaired) electrons. The Morgan fingerprint density at radius 2 is 1.05 bits per heavy atom. The van der Waals surface area contributed by atoms with Gasteiger partial charge in [0.2, 0.25) is 0 Å². The highest BCUT2D eigenvalue weighted by atomic mass is 15.5. The second kappa shape index (κ2) is 6.45. The van der Waals surface area contributed by atoms with E-state index in [1.54, 1.807) is 0 Å². The Bertz CT molecular complexity index is 465. The highest BCUT2D eigenvalue weighted by Crippen LogP contribution is 2.28. The molecular weight excluding hydrogens is 250 g/mol. The topological polar surface area (TPSA) is 35.5 Å². The van der Waals surface area contributed by atoms with E-state index in [9.17, 15) is 0 Å². The van der Waals surface area contributed by atoms with E-state index >= 15 is 0 Å². The van der Waals surface area contributed by atoms with Crippen molar-refractivity contribution >= 4 is 11.4 Å². The summed E-state index contributed by atoms with van der Waals surface area (Å²) in [5.74, 6) is 0. The maximum absolute atomic E-state index is 4.10. The van der Waals surface area contributed by atoms with Gasteiger partial charge in [0.1, 0.15) is 6.29 Å². The van der Waals surface area contributed by atoms with Crippen LogP contribution in [0.3, 0.4) is 0 Å². The zero-order chi connectivity index (χ0) is 14.5. The van der Waals surface area contributed by atoms with Gasteiger partial charge in [-0.25, -0.2) is 0 Å². The lowest BCUT2D eigenvalue weighted by Crippen LogP contribution is -2.51. The number of nitrogens with zero attached hydrogens (tertiary/aromatic N) is 5. The number of hydrogen-bond donors (Lipinski definition) is 0. The molecule has 0 aliphatic rings. The van der Waals surface area contributed by atoms with Crippen LogP contribution in [-0.4, -0.2) is 54.2 Å². The molecule has 0 saturated carbocycles. The van der Waals surface area contributed by atoms with E-state index in [1.807, 2.05) is 49.1 Å². The number of aromatic nitrogens is 2. The van der Waals surface area contributed by atoms with Crippen molar-refractivity contribution in [3.05, 3.63) is 49.1 Å². The summed E-state index contributed by atoms with van der Waals surface area (Å²) >= 11 is 0. The van der Waals surface area contributed by atoms with Crippen LogP contribution < -0.4 is 4.90 Å². The van der Waals surface area contributed by atoms with Gasteiger partial charge in [0.15, 0.2) is 0 Å². The maximum atomic E-state index is 4.10. The van der Waals surface area contributed by atoms with Crippen molar-refractivity contribution in [2.24, 2.45) is 0 Å². The molecule has 5 nitrogen and oxygen atoms in total. The zero-order valence-electron chi connectivity index (χ0n) is 12.4. The molecule has 0 fully saturated rings. The van der Waals surface area contributed by atoms with Crippen LogP contribution in [0.25, 0.3) is 0 Å². The van der Waals surface area contributed by atoms with Crippen LogP contribution in [0.1, 0.15) is 0 Å². The Morgan fingerprint density at radius 1 is 0.700 bits per heavy atom. The number of pyridine rings is 2. The van der Waals surface area contributed by atoms with Crippen molar-refractivity contribution < 1.29 is 0 Å². The second-order valence-corrected chi connectivity index (χ2v) is 5.05. The fourth-order valence-electron chi connectivity index (χ4n) is 2.35. The Morgan fingerprint density at radius 3 is 1.35 bits per heavy atom. The van der Waals surface area contributed by atoms with Crippen LogP contribution in [0, 0.1) is 0 Å². The molecule has 0 saturated heterocycles. The molecule has 2 rings (SSSR count). The minimum Gasteiger partial charge on any atom is -0.312 e. The predicted octanol–water partition coefficient (Wildman–Crippen LogP) is 2.02. The van der Waals surface area contributed by atoms with Crippen molar-refractivity contribution in [2.45, 2.75) is 6.29 Å². The van der Waals surface area contributed by atoms with Crippen molar-refractivity contribution in [3.8, 4) is 0 Å². The first kappa shape index (κ1) is 14.4. The van der Waals surface area contributed by atoms with E-state index in [1.165, 1.54) is 0 Å². The van der Waals surface area contributed by atoms with Crippen LogP contribution in [-0.2, 0) is 0 Å². The lowest BCUT2D eigenvalue weighted by molar-refractivity contribution is 0.135. The number of anilines is 2. The van der Waals surface area contributed by atoms with E-state index in [2.05, 4.69) is 52.9 Å². The van der Waals surface area contributed by atoms with Gasteiger partial charge in [0, 0.05) is 36.2 Å². The van der Waals surface area contributed by atoms with Gasteiger partial charge in [-0.1, -0.05) is 0 Å². The molecule has 0 amide bonds. The Kier molecular flexibility index (Phi) is 4.65. The lowest BCUT2D eigenvalue weighted by Gasteiger charge is -2.41. The molecule has 0 aliphatic carbocycles. The molecule has 0 spiro atoms. The van der Waals surface area contributed by atoms with Gasteiger partial charge in [0.25, 0.3) is 0 Å². The summed E-state index contributed by atoms with van der Waals surface area (Å²) in [7, 11) is 8.28. The van der Waals surface area contributed by atoms with Gasteiger partial charge in [0.05, 0.1) is 0 Å². The Balaban J connectivity index is 2.49. The van der Waals surface area contributed by atoms with Gasteiger partial charge in [-0.05, 0) is 52.5 Å². The SMILES string of the molecule is CN(C)C(N(C)C)N(c1ccncc1)c1ccncc1. The highest BCUT2D eigenvalue weighted by molar-refractivity contribution is 5.62. The van der Waals surface area contributed by atoms with E-state index in [4.69, 9.17) is 0 Å². The summed E-state index contributed by atoms with van der Waals surface area (Å²) in [4.78, 5) is 14.8. The van der Waals surface area contributed by atoms with Crippen LogP contribution in [0.15, 0.2) is 49.1 Å². The molecule has 0 bridgehead atoms. The molecule has 2 aromatic heterocycles. The molecule has 0 aromatic carbocycles. The van der Waals surface area contributed by atoms with Gasteiger partial charge in [-0.3, -0.25) is 19.8 Å². The van der Waals surface area contributed by atoms with E-state index in [-0.39, 0.29) is 6.29 Å². The molecule has 0 atom stereocenters. The molecule has 20 heavy (non-hydrogen) atoms. The molecule has 0 aliphatic heterocycles. The average Bonchev–Trinajstić information content (AvgIpc) is 2.45. The Labute approximate surface area is 120 Å². The van der Waals surface area contributed by atoms with E-state index in [0.29, 0.717) is 0 Å². The first-order valence-corrected chi connectivity index (χ1v) is 6.53. The van der Waals surface area contributed by atoms with Crippen LogP contribution in [0.2, 0.25) is 0 Å². The highest BCUT2D eigenvalue weighted by Gasteiger charge is 2.24. The first-order chi connectivity index (χ1) is 9.61. The number of hydrogen-bond acceptors (Lipinski definition) is 5. The van der Waals surface area contributed by atoms with Gasteiger partial charge in [-0.15, -0.1) is 0 Å². The van der Waals surface area contributed by atoms with E-state index < -0.39 is 0 Å². The first-order valence-electron chi connectivity index (χ1n) is 6.53. The minimum absolute atomic E-state index is 0.0970. The predicted molar refractivity (Wildman–Crippen MR) is 81.8 cm³/mol. The summed E-state index contributed by atoms with van der Waals surface area (Å²) in [5.41, 5.74) is 2.19. The summed E-state index contributed by atoms with van der Waals surface area (Å²) in [6.07, 6.45) is 7.34. The summed E-state index contributed by atoms with van der Waals surface area (Å²) < 4.78 is 0. The zero-order valence-corrected chi connectivity index (χ0v) is 12.4. The molecule has 0 unspecified atom stereocenters. The third-order valence-electron chi connectivity index (χ3n) is 3.04. The van der Waals surface area contributed by atoms with E-state index in [0.717, 1.165) is 11.4 Å².